The van der Waals surface area contributed by atoms with Gasteiger partial charge >= 0.3 is 0 Å². The summed E-state index contributed by atoms with van der Waals surface area (Å²) in [5, 5.41) is 4.96. The first-order valence-electron chi connectivity index (χ1n) is 8.81. The molecule has 7 nitrogen and oxygen atoms in total. The molecule has 1 aromatic carbocycles. The average Bonchev–Trinajstić information content (AvgIpc) is 3.30. The van der Waals surface area contributed by atoms with Gasteiger partial charge in [0.05, 0.1) is 11.6 Å². The van der Waals surface area contributed by atoms with E-state index in [1.165, 1.54) is 11.0 Å². The molecular weight excluding hydrogens is 403 g/mol. The summed E-state index contributed by atoms with van der Waals surface area (Å²) < 4.78 is 7.41. The van der Waals surface area contributed by atoms with Crippen molar-refractivity contribution in [2.75, 3.05) is 11.4 Å². The number of nitrogens with zero attached hydrogens (tertiary/aromatic N) is 4. The first-order chi connectivity index (χ1) is 13.3. The van der Waals surface area contributed by atoms with Crippen LogP contribution in [0.4, 0.5) is 5.82 Å². The third-order valence-corrected chi connectivity index (χ3v) is 5.70. The van der Waals surface area contributed by atoms with Gasteiger partial charge < -0.3 is 9.64 Å². The summed E-state index contributed by atoms with van der Waals surface area (Å²) in [6, 6.07) is 6.21. The number of halogens is 2. The molecule has 0 saturated carbocycles. The second kappa shape index (κ2) is 7.14. The molecule has 3 heterocycles. The molecule has 1 unspecified atom stereocenters. The molecule has 2 aromatic rings. The van der Waals surface area contributed by atoms with Crippen LogP contribution in [0.1, 0.15) is 13.3 Å². The number of ether oxygens (including phenoxy) is 1. The topological polar surface area (TPSA) is 67.7 Å². The van der Waals surface area contributed by atoms with Crippen molar-refractivity contribution < 1.29 is 14.3 Å². The van der Waals surface area contributed by atoms with Crippen LogP contribution in [0.25, 0.3) is 0 Å². The Labute approximate surface area is 172 Å². The fourth-order valence-corrected chi connectivity index (χ4v) is 3.91. The Morgan fingerprint density at radius 3 is 2.71 bits per heavy atom. The van der Waals surface area contributed by atoms with Crippen molar-refractivity contribution in [2.24, 2.45) is 7.05 Å². The SMILES string of the molecule is CC1C[C@H](N2CC(Oc3cccc(Cl)c3Cl)=CC2=O)C(=O)N1c1ccn(C)n1. The molecule has 0 aliphatic carbocycles. The van der Waals surface area contributed by atoms with Crippen molar-refractivity contribution in [1.29, 1.82) is 0 Å². The van der Waals surface area contributed by atoms with Crippen LogP contribution in [0.3, 0.4) is 0 Å². The van der Waals surface area contributed by atoms with Crippen LogP contribution in [-0.4, -0.2) is 45.1 Å². The number of anilines is 1. The predicted molar refractivity (Wildman–Crippen MR) is 105 cm³/mol. The van der Waals surface area contributed by atoms with Crippen LogP contribution in [-0.2, 0) is 16.6 Å². The van der Waals surface area contributed by atoms with E-state index in [0.29, 0.717) is 28.8 Å². The number of carbonyl (C=O) groups excluding carboxylic acids is 2. The van der Waals surface area contributed by atoms with Gasteiger partial charge in [-0.3, -0.25) is 19.2 Å². The highest BCUT2D eigenvalue weighted by atomic mass is 35.5. The number of hydrogen-bond donors (Lipinski definition) is 0. The van der Waals surface area contributed by atoms with E-state index in [9.17, 15) is 9.59 Å². The zero-order chi connectivity index (χ0) is 20.0. The first kappa shape index (κ1) is 18.8. The third-order valence-electron chi connectivity index (χ3n) is 4.90. The lowest BCUT2D eigenvalue weighted by Gasteiger charge is -2.23. The highest BCUT2D eigenvalue weighted by molar-refractivity contribution is 6.42. The van der Waals surface area contributed by atoms with Crippen molar-refractivity contribution in [1.82, 2.24) is 14.7 Å². The molecule has 2 aliphatic rings. The Morgan fingerprint density at radius 2 is 2.00 bits per heavy atom. The normalized spacial score (nSPS) is 22.2. The summed E-state index contributed by atoms with van der Waals surface area (Å²) in [7, 11) is 1.80. The van der Waals surface area contributed by atoms with Gasteiger partial charge in [-0.1, -0.05) is 29.3 Å². The maximum absolute atomic E-state index is 13.0. The third kappa shape index (κ3) is 3.25. The van der Waals surface area contributed by atoms with E-state index >= 15 is 0 Å². The molecule has 0 radical (unpaired) electrons. The van der Waals surface area contributed by atoms with Crippen molar-refractivity contribution in [3.8, 4) is 5.75 Å². The lowest BCUT2D eigenvalue weighted by Crippen LogP contribution is -2.43. The van der Waals surface area contributed by atoms with Gasteiger partial charge in [-0.25, -0.2) is 0 Å². The van der Waals surface area contributed by atoms with Crippen molar-refractivity contribution in [3.05, 3.63) is 52.3 Å². The van der Waals surface area contributed by atoms with Crippen LogP contribution < -0.4 is 9.64 Å². The maximum Gasteiger partial charge on any atom is 0.251 e. The zero-order valence-corrected chi connectivity index (χ0v) is 16.8. The van der Waals surface area contributed by atoms with Gasteiger partial charge in [-0.15, -0.1) is 0 Å². The number of hydrogen-bond acceptors (Lipinski definition) is 4. The molecule has 0 spiro atoms. The summed E-state index contributed by atoms with van der Waals surface area (Å²) in [5.74, 6) is 0.975. The molecule has 146 valence electrons. The fourth-order valence-electron chi connectivity index (χ4n) is 3.58. The Kier molecular flexibility index (Phi) is 4.81. The monoisotopic (exact) mass is 420 g/mol. The summed E-state index contributed by atoms with van der Waals surface area (Å²) in [6.45, 7) is 2.14. The number of aromatic nitrogens is 2. The van der Waals surface area contributed by atoms with Gasteiger partial charge in [0.1, 0.15) is 22.6 Å². The smallest absolute Gasteiger partial charge is 0.251 e. The number of aryl methyl sites for hydroxylation is 1. The molecule has 28 heavy (non-hydrogen) atoms. The van der Waals surface area contributed by atoms with Crippen molar-refractivity contribution in [2.45, 2.75) is 25.4 Å². The second-order valence-electron chi connectivity index (χ2n) is 6.89. The van der Waals surface area contributed by atoms with Gasteiger partial charge in [0.15, 0.2) is 5.82 Å². The predicted octanol–water partition coefficient (Wildman–Crippen LogP) is 3.03. The quantitative estimate of drug-likeness (QED) is 0.761. The van der Waals surface area contributed by atoms with Crippen LogP contribution in [0.15, 0.2) is 42.3 Å². The minimum absolute atomic E-state index is 0.0625. The minimum Gasteiger partial charge on any atom is -0.458 e. The maximum atomic E-state index is 13.0. The van der Waals surface area contributed by atoms with E-state index in [-0.39, 0.29) is 29.4 Å². The molecule has 1 fully saturated rings. The minimum atomic E-state index is -0.559. The molecule has 0 bridgehead atoms. The van der Waals surface area contributed by atoms with Gasteiger partial charge in [0.25, 0.3) is 11.8 Å². The van der Waals surface area contributed by atoms with Gasteiger partial charge in [-0.05, 0) is 25.5 Å². The Morgan fingerprint density at radius 1 is 1.21 bits per heavy atom. The largest absolute Gasteiger partial charge is 0.458 e. The number of amides is 2. The Balaban J connectivity index is 1.50. The summed E-state index contributed by atoms with van der Waals surface area (Å²) in [6.07, 6.45) is 3.70. The number of rotatable bonds is 4. The standard InChI is InChI=1S/C19H18Cl2N4O3/c1-11-8-14(19(27)25(11)16-6-7-23(2)22-16)24-10-12(9-17(24)26)28-15-5-3-4-13(20)18(15)21/h3-7,9,11,14H,8,10H2,1-2H3/t11?,14-/m0/s1. The summed E-state index contributed by atoms with van der Waals surface area (Å²) in [4.78, 5) is 28.7. The number of benzene rings is 1. The van der Waals surface area contributed by atoms with E-state index in [2.05, 4.69) is 5.10 Å². The van der Waals surface area contributed by atoms with Crippen LogP contribution >= 0.6 is 23.2 Å². The molecule has 9 heteroatoms. The Bertz CT molecular complexity index is 987. The van der Waals surface area contributed by atoms with E-state index in [1.54, 1.807) is 47.1 Å². The van der Waals surface area contributed by atoms with E-state index in [0.717, 1.165) is 0 Å². The highest BCUT2D eigenvalue weighted by Gasteiger charge is 2.45. The molecule has 0 N–H and O–H groups in total. The highest BCUT2D eigenvalue weighted by Crippen LogP contribution is 2.34. The molecule has 1 saturated heterocycles. The van der Waals surface area contributed by atoms with Crippen molar-refractivity contribution in [3.63, 3.8) is 0 Å². The van der Waals surface area contributed by atoms with E-state index in [4.69, 9.17) is 27.9 Å². The molecule has 4 rings (SSSR count). The summed E-state index contributed by atoms with van der Waals surface area (Å²) in [5.41, 5.74) is 0. The molecule has 2 amide bonds. The van der Waals surface area contributed by atoms with Crippen LogP contribution in [0.2, 0.25) is 10.0 Å². The van der Waals surface area contributed by atoms with Crippen LogP contribution in [0.5, 0.6) is 5.75 Å². The molecule has 2 aliphatic heterocycles. The van der Waals surface area contributed by atoms with E-state index in [1.807, 2.05) is 6.92 Å². The second-order valence-corrected chi connectivity index (χ2v) is 7.67. The Hall–Kier alpha value is -2.51. The van der Waals surface area contributed by atoms with Crippen LogP contribution in [0, 0.1) is 0 Å². The average molecular weight is 421 g/mol. The lowest BCUT2D eigenvalue weighted by molar-refractivity contribution is -0.133. The number of carbonyl (C=O) groups is 2. The van der Waals surface area contributed by atoms with Crippen molar-refractivity contribution >= 4 is 40.8 Å². The van der Waals surface area contributed by atoms with Gasteiger partial charge in [0.2, 0.25) is 0 Å². The molecule has 2 atom stereocenters. The fraction of sp³-hybridized carbons (Fsp3) is 0.316. The zero-order valence-electron chi connectivity index (χ0n) is 15.3. The van der Waals surface area contributed by atoms with Gasteiger partial charge in [0, 0.05) is 31.4 Å². The molecule has 1 aromatic heterocycles. The summed E-state index contributed by atoms with van der Waals surface area (Å²) >= 11 is 12.2. The van der Waals surface area contributed by atoms with E-state index < -0.39 is 6.04 Å². The first-order valence-corrected chi connectivity index (χ1v) is 9.56. The molecular formula is C19H18Cl2N4O3. The van der Waals surface area contributed by atoms with Gasteiger partial charge in [-0.2, -0.15) is 5.10 Å². The lowest BCUT2D eigenvalue weighted by atomic mass is 10.1.